The van der Waals surface area contributed by atoms with Crippen LogP contribution in [0.4, 0.5) is 11.4 Å². The van der Waals surface area contributed by atoms with Crippen LogP contribution in [0.1, 0.15) is 49.3 Å². The van der Waals surface area contributed by atoms with Gasteiger partial charge in [-0.05, 0) is 48.9 Å². The van der Waals surface area contributed by atoms with Gasteiger partial charge >= 0.3 is 0 Å². The first-order chi connectivity index (χ1) is 13.6. The van der Waals surface area contributed by atoms with Crippen LogP contribution in [0.15, 0.2) is 11.2 Å². The van der Waals surface area contributed by atoms with E-state index in [1.54, 1.807) is 6.07 Å². The molecule has 1 aromatic rings. The largest absolute Gasteiger partial charge is 0.388 e. The molecule has 1 aliphatic rings. The molecule has 9 heteroatoms. The maximum atomic E-state index is 12.9. The molecule has 1 aromatic carbocycles. The molecule has 0 aliphatic carbocycles. The molecule has 29 heavy (non-hydrogen) atoms. The molecule has 4 N–H and O–H groups in total. The first kappa shape index (κ1) is 22.9. The highest BCUT2D eigenvalue weighted by molar-refractivity contribution is 6.02. The quantitative estimate of drug-likeness (QED) is 0.503. The third kappa shape index (κ3) is 4.98. The van der Waals surface area contributed by atoms with E-state index in [0.29, 0.717) is 17.8 Å². The van der Waals surface area contributed by atoms with Crippen LogP contribution in [0.3, 0.4) is 0 Å². The number of carbonyl (C=O) groups excluding carboxylic acids is 2. The number of aliphatic hydroxyl groups is 3. The normalized spacial score (nSPS) is 19.8. The molecular formula is C20H29N3O6. The minimum Gasteiger partial charge on any atom is -0.388 e. The maximum Gasteiger partial charge on any atom is 0.227 e. The second-order valence-electron chi connectivity index (χ2n) is 7.69. The molecule has 1 heterocycles. The number of anilines is 2. The highest BCUT2D eigenvalue weighted by atomic mass is 16.4. The number of aliphatic hydroxyl groups excluding tert-OH is 3. The van der Waals surface area contributed by atoms with Gasteiger partial charge < -0.3 is 25.5 Å². The van der Waals surface area contributed by atoms with Crippen LogP contribution in [-0.4, -0.2) is 58.5 Å². The van der Waals surface area contributed by atoms with E-state index in [-0.39, 0.29) is 30.7 Å². The van der Waals surface area contributed by atoms with Crippen molar-refractivity contribution < 1.29 is 24.9 Å². The number of fused-ring (bicyclic) bond motifs is 2. The van der Waals surface area contributed by atoms with E-state index in [1.165, 1.54) is 11.8 Å². The Kier molecular flexibility index (Phi) is 7.45. The molecule has 0 saturated carbocycles. The van der Waals surface area contributed by atoms with Gasteiger partial charge in [0.1, 0.15) is 24.9 Å². The number of nitrogens with one attached hydrogen (secondary N) is 1. The predicted octanol–water partition coefficient (Wildman–Crippen LogP) is 1.34. The summed E-state index contributed by atoms with van der Waals surface area (Å²) in [5.74, 6) is -0.520. The van der Waals surface area contributed by atoms with Gasteiger partial charge in [-0.3, -0.25) is 9.59 Å². The zero-order valence-corrected chi connectivity index (χ0v) is 17.2. The molecule has 1 aliphatic heterocycles. The van der Waals surface area contributed by atoms with Crippen molar-refractivity contribution >= 4 is 23.2 Å². The number of carbonyl (C=O) groups is 2. The average molecular weight is 407 g/mol. The highest BCUT2D eigenvalue weighted by Crippen LogP contribution is 2.42. The Hall–Kier alpha value is -2.36. The van der Waals surface area contributed by atoms with Crippen molar-refractivity contribution in [2.24, 2.45) is 5.18 Å². The van der Waals surface area contributed by atoms with Crippen LogP contribution in [-0.2, 0) is 9.59 Å². The Balaban J connectivity index is 2.53. The van der Waals surface area contributed by atoms with Crippen molar-refractivity contribution in [2.45, 2.75) is 64.8 Å². The molecule has 0 aromatic heterocycles. The van der Waals surface area contributed by atoms with Gasteiger partial charge in [0, 0.05) is 13.3 Å². The van der Waals surface area contributed by atoms with Gasteiger partial charge in [-0.1, -0.05) is 12.1 Å². The zero-order valence-electron chi connectivity index (χ0n) is 17.2. The number of amides is 2. The van der Waals surface area contributed by atoms with Crippen LogP contribution in [0, 0.1) is 18.8 Å². The fraction of sp³-hybridized carbons (Fsp3) is 0.600. The van der Waals surface area contributed by atoms with E-state index in [4.69, 9.17) is 0 Å². The number of benzene rings is 1. The molecule has 0 radical (unpaired) electrons. The number of hydrogen-bond acceptors (Lipinski definition) is 7. The standard InChI is InChI=1S/C20H29N3O6/c1-10-5-6-17(27)23(9-16(26)20(28)15(25)8-21-29)14-7-11(2)12(3)18(10)19(14)22-13(4)24/h7,10,15-16,20,25-26,28H,5-6,8-9H2,1-4H3,(H,22,24). The number of hydrogen-bond donors (Lipinski definition) is 4. The maximum absolute atomic E-state index is 12.9. The first-order valence-corrected chi connectivity index (χ1v) is 9.63. The van der Waals surface area contributed by atoms with E-state index in [1.807, 2.05) is 20.8 Å². The van der Waals surface area contributed by atoms with Gasteiger partial charge in [-0.25, -0.2) is 0 Å². The van der Waals surface area contributed by atoms with Crippen molar-refractivity contribution in [1.29, 1.82) is 0 Å². The Morgan fingerprint density at radius 2 is 1.97 bits per heavy atom. The number of nitrogens with zero attached hydrogens (tertiary/aromatic N) is 2. The summed E-state index contributed by atoms with van der Waals surface area (Å²) in [4.78, 5) is 36.4. The summed E-state index contributed by atoms with van der Waals surface area (Å²) >= 11 is 0. The van der Waals surface area contributed by atoms with Crippen LogP contribution < -0.4 is 10.2 Å². The van der Waals surface area contributed by atoms with Gasteiger partial charge in [0.15, 0.2) is 0 Å². The summed E-state index contributed by atoms with van der Waals surface area (Å²) in [6.07, 6.45) is -3.93. The van der Waals surface area contributed by atoms with E-state index in [2.05, 4.69) is 10.5 Å². The summed E-state index contributed by atoms with van der Waals surface area (Å²) < 4.78 is 0. The molecule has 0 saturated heterocycles. The molecule has 4 atom stereocenters. The fourth-order valence-electron chi connectivity index (χ4n) is 3.75. The number of rotatable bonds is 7. The van der Waals surface area contributed by atoms with Crippen molar-refractivity contribution in [3.05, 3.63) is 27.7 Å². The second kappa shape index (κ2) is 9.43. The summed E-state index contributed by atoms with van der Waals surface area (Å²) in [7, 11) is 0. The summed E-state index contributed by atoms with van der Waals surface area (Å²) in [6, 6.07) is 1.77. The minimum atomic E-state index is -1.65. The molecule has 2 rings (SSSR count). The predicted molar refractivity (Wildman–Crippen MR) is 109 cm³/mol. The van der Waals surface area contributed by atoms with Crippen molar-refractivity contribution in [3.63, 3.8) is 0 Å². The highest BCUT2D eigenvalue weighted by Gasteiger charge is 2.33. The summed E-state index contributed by atoms with van der Waals surface area (Å²) in [6.45, 7) is 6.37. The third-order valence-electron chi connectivity index (χ3n) is 5.47. The van der Waals surface area contributed by atoms with Gasteiger partial charge in [0.05, 0.1) is 17.9 Å². The Morgan fingerprint density at radius 3 is 2.55 bits per heavy atom. The van der Waals surface area contributed by atoms with Crippen molar-refractivity contribution in [1.82, 2.24) is 0 Å². The molecule has 160 valence electrons. The molecule has 0 fully saturated rings. The first-order valence-electron chi connectivity index (χ1n) is 9.63. The van der Waals surface area contributed by atoms with E-state index in [9.17, 15) is 29.8 Å². The molecule has 9 nitrogen and oxygen atoms in total. The van der Waals surface area contributed by atoms with Crippen molar-refractivity contribution in [2.75, 3.05) is 23.3 Å². The smallest absolute Gasteiger partial charge is 0.227 e. The molecule has 0 spiro atoms. The lowest BCUT2D eigenvalue weighted by molar-refractivity contribution is -0.120. The fourth-order valence-corrected chi connectivity index (χ4v) is 3.75. The lowest BCUT2D eigenvalue weighted by atomic mass is 9.86. The van der Waals surface area contributed by atoms with Gasteiger partial charge in [0.25, 0.3) is 0 Å². The molecule has 2 bridgehead atoms. The number of nitroso groups, excluding NO2 is 1. The molecule has 2 amide bonds. The summed E-state index contributed by atoms with van der Waals surface area (Å²) in [5.41, 5.74) is 3.83. The number of β-amino-alcohol motifs (C(OH)–C–C–N with tert-alkyl or cyclic N) is 1. The summed E-state index contributed by atoms with van der Waals surface area (Å²) in [5, 5.41) is 35.6. The van der Waals surface area contributed by atoms with Crippen LogP contribution >= 0.6 is 0 Å². The van der Waals surface area contributed by atoms with E-state index >= 15 is 0 Å². The van der Waals surface area contributed by atoms with E-state index < -0.39 is 24.9 Å². The molecule has 4 unspecified atom stereocenters. The Morgan fingerprint density at radius 1 is 1.31 bits per heavy atom. The SMILES string of the molecule is CC(=O)Nc1c2cc(C)c(C)c1C(C)CCC(=O)N2CC(O)C(O)C(O)CN=O. The van der Waals surface area contributed by atoms with Crippen LogP contribution in [0.25, 0.3) is 0 Å². The van der Waals surface area contributed by atoms with Gasteiger partial charge in [-0.2, -0.15) is 4.91 Å². The van der Waals surface area contributed by atoms with Crippen LogP contribution in [0.5, 0.6) is 0 Å². The zero-order chi connectivity index (χ0) is 21.9. The minimum absolute atomic E-state index is 0.0394. The third-order valence-corrected chi connectivity index (χ3v) is 5.47. The average Bonchev–Trinajstić information content (AvgIpc) is 2.65. The Labute approximate surface area is 169 Å². The monoisotopic (exact) mass is 407 g/mol. The number of aryl methyl sites for hydroxylation is 1. The van der Waals surface area contributed by atoms with Crippen LogP contribution in [0.2, 0.25) is 0 Å². The Bertz CT molecular complexity index is 797. The lowest BCUT2D eigenvalue weighted by Crippen LogP contribution is -2.48. The van der Waals surface area contributed by atoms with Gasteiger partial charge in [0.2, 0.25) is 11.8 Å². The topological polar surface area (TPSA) is 140 Å². The van der Waals surface area contributed by atoms with E-state index in [0.717, 1.165) is 16.7 Å². The molecular weight excluding hydrogens is 378 g/mol. The van der Waals surface area contributed by atoms with Crippen molar-refractivity contribution in [3.8, 4) is 0 Å². The lowest BCUT2D eigenvalue weighted by Gasteiger charge is -2.35. The second-order valence-corrected chi connectivity index (χ2v) is 7.69. The van der Waals surface area contributed by atoms with Gasteiger partial charge in [-0.15, -0.1) is 0 Å².